The van der Waals surface area contributed by atoms with Gasteiger partial charge in [0.1, 0.15) is 0 Å². The van der Waals surface area contributed by atoms with E-state index in [2.05, 4.69) is 38.8 Å². The summed E-state index contributed by atoms with van der Waals surface area (Å²) in [5.74, 6) is 0. The molecule has 0 atom stereocenters. The van der Waals surface area contributed by atoms with Crippen LogP contribution >= 0.6 is 11.3 Å². The summed E-state index contributed by atoms with van der Waals surface area (Å²) in [5.41, 5.74) is 2.85. The van der Waals surface area contributed by atoms with Gasteiger partial charge in [-0.05, 0) is 19.9 Å². The molecule has 0 amide bonds. The third-order valence-corrected chi connectivity index (χ3v) is 3.98. The molecule has 12 heavy (non-hydrogen) atoms. The maximum atomic E-state index is 4.48. The van der Waals surface area contributed by atoms with Crippen molar-refractivity contribution in [3.05, 3.63) is 21.2 Å². The Hall–Kier alpha value is -0.630. The summed E-state index contributed by atoms with van der Waals surface area (Å²) >= 11 is 1.82. The number of allylic oxidation sites excluding steroid dienone is 1. The van der Waals surface area contributed by atoms with Crippen molar-refractivity contribution in [1.82, 2.24) is 4.98 Å². The van der Waals surface area contributed by atoms with Gasteiger partial charge >= 0.3 is 0 Å². The molecule has 1 aliphatic carbocycles. The topological polar surface area (TPSA) is 12.9 Å². The fraction of sp³-hybridized carbons (Fsp3) is 0.500. The van der Waals surface area contributed by atoms with Crippen LogP contribution in [0.1, 0.15) is 36.3 Å². The molecule has 0 spiro atoms. The van der Waals surface area contributed by atoms with Gasteiger partial charge in [-0.3, -0.25) is 0 Å². The first kappa shape index (κ1) is 7.99. The normalized spacial score (nSPS) is 19.2. The van der Waals surface area contributed by atoms with Gasteiger partial charge in [-0.1, -0.05) is 19.4 Å². The molecular formula is C10H13NS. The smallest absolute Gasteiger partial charge is 0.0904 e. The SMILES string of the molecule is CC1=Cc2nc(C)sc2C1(C)C. The molecule has 0 aliphatic heterocycles. The number of hydrogen-bond donors (Lipinski definition) is 0. The lowest BCUT2D eigenvalue weighted by Gasteiger charge is -2.19. The third-order valence-electron chi connectivity index (χ3n) is 2.67. The molecule has 1 aliphatic rings. The Balaban J connectivity index is 2.64. The molecule has 0 bridgehead atoms. The summed E-state index contributed by atoms with van der Waals surface area (Å²) < 4.78 is 0. The van der Waals surface area contributed by atoms with E-state index in [0.29, 0.717) is 0 Å². The summed E-state index contributed by atoms with van der Waals surface area (Å²) in [7, 11) is 0. The van der Waals surface area contributed by atoms with Gasteiger partial charge in [-0.2, -0.15) is 0 Å². The van der Waals surface area contributed by atoms with Gasteiger partial charge in [0.15, 0.2) is 0 Å². The average Bonchev–Trinajstić information content (AvgIpc) is 2.38. The van der Waals surface area contributed by atoms with Crippen LogP contribution in [0.5, 0.6) is 0 Å². The highest BCUT2D eigenvalue weighted by Crippen LogP contribution is 2.43. The minimum atomic E-state index is 0.223. The van der Waals surface area contributed by atoms with E-state index < -0.39 is 0 Å². The predicted octanol–water partition coefficient (Wildman–Crippen LogP) is 3.15. The van der Waals surface area contributed by atoms with E-state index in [9.17, 15) is 0 Å². The lowest BCUT2D eigenvalue weighted by molar-refractivity contribution is 0.653. The fourth-order valence-corrected chi connectivity index (χ4v) is 2.62. The van der Waals surface area contributed by atoms with Gasteiger partial charge in [-0.25, -0.2) is 4.98 Å². The van der Waals surface area contributed by atoms with Crippen LogP contribution in [0.3, 0.4) is 0 Å². The molecule has 1 heterocycles. The number of fused-ring (bicyclic) bond motifs is 1. The van der Waals surface area contributed by atoms with E-state index in [1.165, 1.54) is 21.2 Å². The van der Waals surface area contributed by atoms with E-state index in [0.717, 1.165) is 0 Å². The zero-order valence-electron chi connectivity index (χ0n) is 7.93. The highest BCUT2D eigenvalue weighted by atomic mass is 32.1. The zero-order chi connectivity index (χ0) is 8.93. The summed E-state index contributed by atoms with van der Waals surface area (Å²) in [4.78, 5) is 5.91. The van der Waals surface area contributed by atoms with Gasteiger partial charge < -0.3 is 0 Å². The van der Waals surface area contributed by atoms with Gasteiger partial charge in [0.05, 0.1) is 10.7 Å². The first-order chi connectivity index (χ1) is 5.51. The van der Waals surface area contributed by atoms with Gasteiger partial charge in [0.25, 0.3) is 0 Å². The van der Waals surface area contributed by atoms with Gasteiger partial charge in [0.2, 0.25) is 0 Å². The molecule has 0 aromatic carbocycles. The van der Waals surface area contributed by atoms with E-state index >= 15 is 0 Å². The summed E-state index contributed by atoms with van der Waals surface area (Å²) in [5, 5.41) is 1.18. The summed E-state index contributed by atoms with van der Waals surface area (Å²) in [6, 6.07) is 0. The van der Waals surface area contributed by atoms with E-state index in [4.69, 9.17) is 0 Å². The summed E-state index contributed by atoms with van der Waals surface area (Å²) in [6.07, 6.45) is 2.21. The Labute approximate surface area is 77.2 Å². The highest BCUT2D eigenvalue weighted by molar-refractivity contribution is 7.12. The quantitative estimate of drug-likeness (QED) is 0.596. The number of aromatic nitrogens is 1. The first-order valence-corrected chi connectivity index (χ1v) is 5.00. The summed E-state index contributed by atoms with van der Waals surface area (Å²) in [6.45, 7) is 8.79. The van der Waals surface area contributed by atoms with Crippen LogP contribution in [0.4, 0.5) is 0 Å². The fourth-order valence-electron chi connectivity index (χ4n) is 1.55. The molecular weight excluding hydrogens is 166 g/mol. The number of aryl methyl sites for hydroxylation is 1. The Morgan fingerprint density at radius 3 is 2.58 bits per heavy atom. The lowest BCUT2D eigenvalue weighted by atomic mass is 9.88. The highest BCUT2D eigenvalue weighted by Gasteiger charge is 2.32. The number of hydrogen-bond acceptors (Lipinski definition) is 2. The Kier molecular flexibility index (Phi) is 1.46. The van der Waals surface area contributed by atoms with Crippen LogP contribution in [0.25, 0.3) is 6.08 Å². The van der Waals surface area contributed by atoms with Crippen LogP contribution in [-0.4, -0.2) is 4.98 Å². The van der Waals surface area contributed by atoms with Crippen molar-refractivity contribution in [3.8, 4) is 0 Å². The Bertz CT molecular complexity index is 358. The second-order valence-corrected chi connectivity index (χ2v) is 5.10. The van der Waals surface area contributed by atoms with Crippen LogP contribution in [-0.2, 0) is 5.41 Å². The Morgan fingerprint density at radius 2 is 2.00 bits per heavy atom. The van der Waals surface area contributed by atoms with Crippen LogP contribution in [0.2, 0.25) is 0 Å². The van der Waals surface area contributed by atoms with Crippen molar-refractivity contribution in [3.63, 3.8) is 0 Å². The lowest BCUT2D eigenvalue weighted by Crippen LogP contribution is -2.13. The third kappa shape index (κ3) is 0.876. The molecule has 0 N–H and O–H groups in total. The van der Waals surface area contributed by atoms with Crippen LogP contribution in [0, 0.1) is 6.92 Å². The standard InChI is InChI=1S/C10H13NS/c1-6-5-8-9(10(6,3)4)12-7(2)11-8/h5H,1-4H3. The monoisotopic (exact) mass is 179 g/mol. The van der Waals surface area contributed by atoms with Crippen molar-refractivity contribution in [2.75, 3.05) is 0 Å². The van der Waals surface area contributed by atoms with Crippen molar-refractivity contribution < 1.29 is 0 Å². The molecule has 2 rings (SSSR count). The molecule has 0 unspecified atom stereocenters. The minimum absolute atomic E-state index is 0.223. The molecule has 1 aromatic rings. The van der Waals surface area contributed by atoms with Crippen LogP contribution in [0.15, 0.2) is 5.57 Å². The maximum absolute atomic E-state index is 4.48. The van der Waals surface area contributed by atoms with Crippen molar-refractivity contribution in [1.29, 1.82) is 0 Å². The van der Waals surface area contributed by atoms with Crippen molar-refractivity contribution >= 4 is 17.4 Å². The Morgan fingerprint density at radius 1 is 1.33 bits per heavy atom. The molecule has 1 nitrogen and oxygen atoms in total. The molecule has 0 saturated heterocycles. The molecule has 64 valence electrons. The minimum Gasteiger partial charge on any atom is -0.242 e. The number of rotatable bonds is 0. The maximum Gasteiger partial charge on any atom is 0.0904 e. The predicted molar refractivity (Wildman–Crippen MR) is 53.5 cm³/mol. The van der Waals surface area contributed by atoms with E-state index in [1.807, 2.05) is 11.3 Å². The number of nitrogens with zero attached hydrogens (tertiary/aromatic N) is 1. The molecule has 0 fully saturated rings. The second kappa shape index (κ2) is 2.19. The van der Waals surface area contributed by atoms with Crippen LogP contribution < -0.4 is 0 Å². The zero-order valence-corrected chi connectivity index (χ0v) is 8.75. The first-order valence-electron chi connectivity index (χ1n) is 4.18. The van der Waals surface area contributed by atoms with Gasteiger partial charge in [0, 0.05) is 10.3 Å². The molecule has 0 radical (unpaired) electrons. The van der Waals surface area contributed by atoms with E-state index in [1.54, 1.807) is 0 Å². The van der Waals surface area contributed by atoms with E-state index in [-0.39, 0.29) is 5.41 Å². The van der Waals surface area contributed by atoms with Crippen molar-refractivity contribution in [2.45, 2.75) is 33.1 Å². The molecule has 0 saturated carbocycles. The largest absolute Gasteiger partial charge is 0.242 e. The van der Waals surface area contributed by atoms with Gasteiger partial charge in [-0.15, -0.1) is 11.3 Å². The number of thiazole rings is 1. The average molecular weight is 179 g/mol. The molecule has 1 aromatic heterocycles. The molecule has 2 heteroatoms. The second-order valence-electron chi connectivity index (χ2n) is 3.90. The van der Waals surface area contributed by atoms with Crippen molar-refractivity contribution in [2.24, 2.45) is 0 Å².